The van der Waals surface area contributed by atoms with Gasteiger partial charge in [-0.05, 0) is 24.7 Å². The van der Waals surface area contributed by atoms with Crippen LogP contribution in [0.3, 0.4) is 0 Å². The molecule has 0 amide bonds. The van der Waals surface area contributed by atoms with Gasteiger partial charge < -0.3 is 0 Å². The van der Waals surface area contributed by atoms with Crippen molar-refractivity contribution in [3.8, 4) is 0 Å². The van der Waals surface area contributed by atoms with Crippen molar-refractivity contribution in [1.29, 1.82) is 0 Å². The molecule has 0 spiro atoms. The Balaban J connectivity index is 2.39. The molecule has 0 radical (unpaired) electrons. The number of hydrogen-bond donors (Lipinski definition) is 0. The summed E-state index contributed by atoms with van der Waals surface area (Å²) in [5, 5.41) is 0. The summed E-state index contributed by atoms with van der Waals surface area (Å²) in [7, 11) is 0. The van der Waals surface area contributed by atoms with Crippen molar-refractivity contribution in [2.75, 3.05) is 0 Å². The van der Waals surface area contributed by atoms with Crippen molar-refractivity contribution in [2.45, 2.75) is 46.0 Å². The van der Waals surface area contributed by atoms with Gasteiger partial charge in [-0.15, -0.1) is 0 Å². The molecular formula is C11H20. The molecule has 0 nitrogen and oxygen atoms in total. The number of rotatable bonds is 3. The maximum Gasteiger partial charge on any atom is -0.0180 e. The van der Waals surface area contributed by atoms with Crippen LogP contribution in [-0.2, 0) is 0 Å². The molecule has 1 rings (SSSR count). The van der Waals surface area contributed by atoms with Gasteiger partial charge in [0.2, 0.25) is 0 Å². The van der Waals surface area contributed by atoms with Crippen LogP contribution in [0.4, 0.5) is 0 Å². The monoisotopic (exact) mass is 152 g/mol. The lowest BCUT2D eigenvalue weighted by atomic mass is 9.88. The molecule has 0 aromatic heterocycles. The zero-order valence-electron chi connectivity index (χ0n) is 7.90. The van der Waals surface area contributed by atoms with Gasteiger partial charge in [-0.1, -0.05) is 45.3 Å². The van der Waals surface area contributed by atoms with Crippen LogP contribution in [0.1, 0.15) is 46.0 Å². The fraction of sp³-hybridized carbons (Fsp3) is 0.818. The third-order valence-corrected chi connectivity index (χ3v) is 2.96. The Bertz CT molecular complexity index is 135. The average molecular weight is 152 g/mol. The first-order valence-corrected chi connectivity index (χ1v) is 4.93. The van der Waals surface area contributed by atoms with Gasteiger partial charge in [0.25, 0.3) is 0 Å². The predicted molar refractivity (Wildman–Crippen MR) is 50.6 cm³/mol. The largest absolute Gasteiger partial charge is 0.0996 e. The summed E-state index contributed by atoms with van der Waals surface area (Å²) < 4.78 is 0. The first kappa shape index (κ1) is 8.83. The summed E-state index contributed by atoms with van der Waals surface area (Å²) in [6, 6.07) is 0. The summed E-state index contributed by atoms with van der Waals surface area (Å²) in [4.78, 5) is 0. The Morgan fingerprint density at radius 3 is 2.64 bits per heavy atom. The highest BCUT2D eigenvalue weighted by Gasteiger charge is 2.24. The van der Waals surface area contributed by atoms with E-state index in [9.17, 15) is 0 Å². The zero-order valence-corrected chi connectivity index (χ0v) is 7.90. The molecule has 0 N–H and O–H groups in total. The van der Waals surface area contributed by atoms with Gasteiger partial charge in [-0.25, -0.2) is 0 Å². The third kappa shape index (κ3) is 2.08. The zero-order chi connectivity index (χ0) is 8.27. The first-order valence-electron chi connectivity index (χ1n) is 4.93. The molecule has 2 atom stereocenters. The second kappa shape index (κ2) is 3.94. The molecule has 0 heterocycles. The van der Waals surface area contributed by atoms with Gasteiger partial charge in [0.05, 0.1) is 0 Å². The first-order chi connectivity index (χ1) is 5.25. The molecule has 1 saturated carbocycles. The van der Waals surface area contributed by atoms with E-state index in [0.717, 1.165) is 11.8 Å². The van der Waals surface area contributed by atoms with Crippen molar-refractivity contribution in [3.05, 3.63) is 12.2 Å². The van der Waals surface area contributed by atoms with Gasteiger partial charge in [-0.3, -0.25) is 0 Å². The van der Waals surface area contributed by atoms with E-state index in [4.69, 9.17) is 0 Å². The second-order valence-corrected chi connectivity index (χ2v) is 3.92. The Morgan fingerprint density at radius 1 is 1.45 bits per heavy atom. The SMILES string of the molecule is C=C(CCC)[C@H]1CCCC1C. The van der Waals surface area contributed by atoms with E-state index in [1.165, 1.54) is 37.7 Å². The van der Waals surface area contributed by atoms with Crippen LogP contribution in [0.25, 0.3) is 0 Å². The van der Waals surface area contributed by atoms with Gasteiger partial charge in [-0.2, -0.15) is 0 Å². The summed E-state index contributed by atoms with van der Waals surface area (Å²) >= 11 is 0. The van der Waals surface area contributed by atoms with Crippen LogP contribution in [0.2, 0.25) is 0 Å². The summed E-state index contributed by atoms with van der Waals surface area (Å²) in [6.07, 6.45) is 6.76. The minimum absolute atomic E-state index is 0.856. The molecule has 0 heteroatoms. The molecule has 0 aromatic carbocycles. The quantitative estimate of drug-likeness (QED) is 0.540. The molecule has 1 aliphatic rings. The number of hydrogen-bond acceptors (Lipinski definition) is 0. The van der Waals surface area contributed by atoms with Crippen LogP contribution in [0.5, 0.6) is 0 Å². The van der Waals surface area contributed by atoms with Crippen LogP contribution in [-0.4, -0.2) is 0 Å². The van der Waals surface area contributed by atoms with Crippen molar-refractivity contribution in [1.82, 2.24) is 0 Å². The highest BCUT2D eigenvalue weighted by atomic mass is 14.3. The minimum Gasteiger partial charge on any atom is -0.0996 e. The van der Waals surface area contributed by atoms with Crippen molar-refractivity contribution in [2.24, 2.45) is 11.8 Å². The van der Waals surface area contributed by atoms with E-state index in [2.05, 4.69) is 20.4 Å². The molecule has 64 valence electrons. The van der Waals surface area contributed by atoms with Crippen molar-refractivity contribution < 1.29 is 0 Å². The van der Waals surface area contributed by atoms with E-state index in [1.807, 2.05) is 0 Å². The summed E-state index contributed by atoms with van der Waals surface area (Å²) in [5.74, 6) is 1.77. The number of allylic oxidation sites excluding steroid dienone is 1. The highest BCUT2D eigenvalue weighted by Crippen LogP contribution is 2.37. The summed E-state index contributed by atoms with van der Waals surface area (Å²) in [6.45, 7) is 8.79. The van der Waals surface area contributed by atoms with E-state index in [1.54, 1.807) is 0 Å². The van der Waals surface area contributed by atoms with E-state index >= 15 is 0 Å². The van der Waals surface area contributed by atoms with Gasteiger partial charge >= 0.3 is 0 Å². The van der Waals surface area contributed by atoms with Crippen LogP contribution < -0.4 is 0 Å². The van der Waals surface area contributed by atoms with Crippen molar-refractivity contribution in [3.63, 3.8) is 0 Å². The Kier molecular flexibility index (Phi) is 3.16. The highest BCUT2D eigenvalue weighted by molar-refractivity contribution is 5.04. The van der Waals surface area contributed by atoms with Gasteiger partial charge in [0.1, 0.15) is 0 Å². The topological polar surface area (TPSA) is 0 Å². The summed E-state index contributed by atoms with van der Waals surface area (Å²) in [5.41, 5.74) is 1.51. The standard InChI is InChI=1S/C11H20/c1-4-6-9(2)11-8-5-7-10(11)3/h10-11H,2,4-8H2,1,3H3/t10?,11-/m1/s1. The van der Waals surface area contributed by atoms with Crippen LogP contribution in [0, 0.1) is 11.8 Å². The second-order valence-electron chi connectivity index (χ2n) is 3.92. The molecular weight excluding hydrogens is 132 g/mol. The molecule has 1 unspecified atom stereocenters. The molecule has 0 saturated heterocycles. The maximum atomic E-state index is 4.18. The smallest absolute Gasteiger partial charge is 0.0180 e. The third-order valence-electron chi connectivity index (χ3n) is 2.96. The molecule has 11 heavy (non-hydrogen) atoms. The van der Waals surface area contributed by atoms with Crippen LogP contribution in [0.15, 0.2) is 12.2 Å². The predicted octanol–water partition coefficient (Wildman–Crippen LogP) is 3.78. The fourth-order valence-electron chi connectivity index (χ4n) is 2.26. The lowest BCUT2D eigenvalue weighted by Crippen LogP contribution is -2.06. The Morgan fingerprint density at radius 2 is 2.18 bits per heavy atom. The minimum atomic E-state index is 0.856. The van der Waals surface area contributed by atoms with E-state index in [-0.39, 0.29) is 0 Å². The van der Waals surface area contributed by atoms with Gasteiger partial charge in [0, 0.05) is 0 Å². The maximum absolute atomic E-state index is 4.18. The van der Waals surface area contributed by atoms with E-state index < -0.39 is 0 Å². The van der Waals surface area contributed by atoms with Crippen molar-refractivity contribution >= 4 is 0 Å². The van der Waals surface area contributed by atoms with Gasteiger partial charge in [0.15, 0.2) is 0 Å². The van der Waals surface area contributed by atoms with E-state index in [0.29, 0.717) is 0 Å². The Labute approximate surface area is 70.7 Å². The fourth-order valence-corrected chi connectivity index (χ4v) is 2.26. The molecule has 0 aromatic rings. The molecule has 1 fully saturated rings. The lowest BCUT2D eigenvalue weighted by Gasteiger charge is -2.17. The molecule has 1 aliphatic carbocycles. The van der Waals surface area contributed by atoms with Crippen LogP contribution >= 0.6 is 0 Å². The normalized spacial score (nSPS) is 30.7. The molecule has 0 aliphatic heterocycles. The Hall–Kier alpha value is -0.260. The lowest BCUT2D eigenvalue weighted by molar-refractivity contribution is 0.467. The molecule has 0 bridgehead atoms. The average Bonchev–Trinajstić information content (AvgIpc) is 2.36.